The summed E-state index contributed by atoms with van der Waals surface area (Å²) < 4.78 is 30.8. The molecule has 29 heavy (non-hydrogen) atoms. The van der Waals surface area contributed by atoms with Gasteiger partial charge in [-0.05, 0) is 78.9 Å². The molecule has 2 fully saturated rings. The fraction of sp³-hybridized carbons (Fsp3) is 0.636. The van der Waals surface area contributed by atoms with E-state index in [9.17, 15) is 18.6 Å². The maximum Gasteiger partial charge on any atom is 0.384 e. The van der Waals surface area contributed by atoms with Gasteiger partial charge in [0.2, 0.25) is 5.75 Å². The second-order valence-corrected chi connectivity index (χ2v) is 10.9. The molecule has 6 nitrogen and oxygen atoms in total. The third kappa shape index (κ3) is 3.04. The number of phenols is 1. The Balaban J connectivity index is 1.80. The van der Waals surface area contributed by atoms with Gasteiger partial charge in [0.1, 0.15) is 0 Å². The Morgan fingerprint density at radius 2 is 2.00 bits per heavy atom. The van der Waals surface area contributed by atoms with E-state index in [1.807, 2.05) is 0 Å². The third-order valence-corrected chi connectivity index (χ3v) is 8.94. The van der Waals surface area contributed by atoms with Gasteiger partial charge in [0.15, 0.2) is 5.75 Å². The molecule has 3 aliphatic rings. The number of nitrogens with zero attached hydrogens (tertiary/aromatic N) is 1. The number of aliphatic hydroxyl groups is 1. The highest BCUT2D eigenvalue weighted by molar-refractivity contribution is 7.84. The van der Waals surface area contributed by atoms with Crippen LogP contribution >= 0.6 is 0 Å². The van der Waals surface area contributed by atoms with Crippen molar-refractivity contribution in [1.29, 1.82) is 0 Å². The first-order valence-corrected chi connectivity index (χ1v) is 11.6. The van der Waals surface area contributed by atoms with Crippen LogP contribution in [0.4, 0.5) is 0 Å². The fourth-order valence-electron chi connectivity index (χ4n) is 6.10. The number of fused-ring (bicyclic) bond motifs is 5. The first-order valence-electron chi connectivity index (χ1n) is 10.3. The van der Waals surface area contributed by atoms with Crippen molar-refractivity contribution in [2.45, 2.75) is 57.5 Å². The van der Waals surface area contributed by atoms with Gasteiger partial charge in [-0.15, -0.1) is 6.42 Å². The highest BCUT2D eigenvalue weighted by atomic mass is 32.2. The Morgan fingerprint density at radius 1 is 1.28 bits per heavy atom. The Kier molecular flexibility index (Phi) is 4.88. The molecule has 0 unspecified atom stereocenters. The lowest BCUT2D eigenvalue weighted by molar-refractivity contribution is -0.0226. The lowest BCUT2D eigenvalue weighted by Gasteiger charge is -2.50. The maximum absolute atomic E-state index is 12.3. The van der Waals surface area contributed by atoms with Gasteiger partial charge < -0.3 is 14.4 Å². The molecule has 0 aliphatic heterocycles. The molecular weight excluding hydrogens is 390 g/mol. The SMILES string of the molecule is C#Cc1c(OS(=O)(=O)N(C)C)c(O)cc2c1[C@H]1CC[C@]3(C)[C@@H](O)CC[C@H]3[C@@H]1CC2. The molecule has 1 aromatic rings. The minimum atomic E-state index is -4.05. The molecule has 2 N–H and O–H groups in total. The minimum Gasteiger partial charge on any atom is -0.504 e. The molecule has 4 rings (SSSR count). The highest BCUT2D eigenvalue weighted by Gasteiger charge is 2.55. The number of aromatic hydroxyl groups is 1. The first-order chi connectivity index (χ1) is 13.6. The molecular formula is C22H29NO5S. The Bertz CT molecular complexity index is 980. The standard InChI is InChI=1S/C22H29NO5S/c1-5-14-20-13(12-18(24)21(14)28-29(26,27)23(3)4)6-7-15-16(20)10-11-22(2)17(15)8-9-19(22)25/h1,12,15-17,19,24-25H,6-11H2,2-4H3/t15-,16+,17+,19+,22+/m1/s1. The van der Waals surface area contributed by atoms with Gasteiger partial charge in [0.05, 0.1) is 11.7 Å². The molecule has 0 saturated heterocycles. The number of benzene rings is 1. The fourth-order valence-corrected chi connectivity index (χ4v) is 6.63. The van der Waals surface area contributed by atoms with Crippen LogP contribution in [-0.4, -0.2) is 43.1 Å². The Labute approximate surface area is 173 Å². The second kappa shape index (κ2) is 6.90. The van der Waals surface area contributed by atoms with Crippen LogP contribution in [-0.2, 0) is 16.7 Å². The predicted molar refractivity (Wildman–Crippen MR) is 110 cm³/mol. The lowest BCUT2D eigenvalue weighted by atomic mass is 9.55. The summed E-state index contributed by atoms with van der Waals surface area (Å²) in [6.45, 7) is 2.21. The quantitative estimate of drug-likeness (QED) is 0.736. The van der Waals surface area contributed by atoms with Crippen molar-refractivity contribution < 1.29 is 22.8 Å². The predicted octanol–water partition coefficient (Wildman–Crippen LogP) is 2.78. The van der Waals surface area contributed by atoms with Crippen molar-refractivity contribution in [3.05, 3.63) is 22.8 Å². The molecule has 0 bridgehead atoms. The number of phenolic OH excluding ortho intramolecular Hbond substituents is 1. The highest BCUT2D eigenvalue weighted by Crippen LogP contribution is 2.62. The number of terminal acetylenes is 1. The van der Waals surface area contributed by atoms with Crippen molar-refractivity contribution >= 4 is 10.3 Å². The normalized spacial score (nSPS) is 33.5. The van der Waals surface area contributed by atoms with Crippen LogP contribution in [0, 0.1) is 29.6 Å². The van der Waals surface area contributed by atoms with Crippen molar-refractivity contribution in [1.82, 2.24) is 4.31 Å². The lowest BCUT2D eigenvalue weighted by Crippen LogP contribution is -2.44. The molecule has 0 aromatic heterocycles. The zero-order valence-electron chi connectivity index (χ0n) is 17.2. The van der Waals surface area contributed by atoms with Gasteiger partial charge in [0.25, 0.3) is 0 Å². The van der Waals surface area contributed by atoms with Crippen LogP contribution in [0.5, 0.6) is 11.5 Å². The summed E-state index contributed by atoms with van der Waals surface area (Å²) >= 11 is 0. The summed E-state index contributed by atoms with van der Waals surface area (Å²) in [5.41, 5.74) is 2.23. The Morgan fingerprint density at radius 3 is 2.66 bits per heavy atom. The molecule has 5 atom stereocenters. The van der Waals surface area contributed by atoms with Crippen LogP contribution in [0.1, 0.15) is 61.6 Å². The summed E-state index contributed by atoms with van der Waals surface area (Å²) in [5.74, 6) is 3.25. The average molecular weight is 420 g/mol. The van der Waals surface area contributed by atoms with E-state index in [4.69, 9.17) is 10.6 Å². The van der Waals surface area contributed by atoms with Gasteiger partial charge in [0, 0.05) is 14.1 Å². The summed E-state index contributed by atoms with van der Waals surface area (Å²) in [6, 6.07) is 1.62. The van der Waals surface area contributed by atoms with Crippen molar-refractivity contribution in [2.24, 2.45) is 17.3 Å². The largest absolute Gasteiger partial charge is 0.504 e. The smallest absolute Gasteiger partial charge is 0.384 e. The van der Waals surface area contributed by atoms with Gasteiger partial charge >= 0.3 is 10.3 Å². The number of hydrogen-bond acceptors (Lipinski definition) is 5. The summed E-state index contributed by atoms with van der Waals surface area (Å²) in [6.07, 6.45) is 11.0. The average Bonchev–Trinajstić information content (AvgIpc) is 2.97. The molecule has 158 valence electrons. The summed E-state index contributed by atoms with van der Waals surface area (Å²) in [7, 11) is -1.32. The monoisotopic (exact) mass is 419 g/mol. The Hall–Kier alpha value is -1.75. The van der Waals surface area contributed by atoms with Gasteiger partial charge in [-0.1, -0.05) is 12.8 Å². The second-order valence-electron chi connectivity index (χ2n) is 9.19. The maximum atomic E-state index is 12.3. The van der Waals surface area contributed by atoms with Gasteiger partial charge in [-0.3, -0.25) is 0 Å². The van der Waals surface area contributed by atoms with E-state index in [0.29, 0.717) is 17.4 Å². The topological polar surface area (TPSA) is 87.1 Å². The van der Waals surface area contributed by atoms with Crippen molar-refractivity contribution in [2.75, 3.05) is 14.1 Å². The molecule has 0 heterocycles. The molecule has 0 radical (unpaired) electrons. The van der Waals surface area contributed by atoms with E-state index in [-0.39, 0.29) is 28.9 Å². The third-order valence-electron chi connectivity index (χ3n) is 7.67. The minimum absolute atomic E-state index is 0.0561. The number of hydrogen-bond donors (Lipinski definition) is 2. The molecule has 7 heteroatoms. The number of aliphatic hydroxyl groups excluding tert-OH is 1. The number of rotatable bonds is 3. The van der Waals surface area contributed by atoms with E-state index in [0.717, 1.165) is 54.0 Å². The van der Waals surface area contributed by atoms with Gasteiger partial charge in [-0.2, -0.15) is 12.7 Å². The zero-order chi connectivity index (χ0) is 21.1. The molecule has 2 saturated carbocycles. The van der Waals surface area contributed by atoms with Crippen molar-refractivity contribution in [3.8, 4) is 23.8 Å². The van der Waals surface area contributed by atoms with E-state index >= 15 is 0 Å². The molecule has 3 aliphatic carbocycles. The van der Waals surface area contributed by atoms with Crippen molar-refractivity contribution in [3.63, 3.8) is 0 Å². The van der Waals surface area contributed by atoms with E-state index in [1.165, 1.54) is 14.1 Å². The number of aryl methyl sites for hydroxylation is 1. The molecule has 0 amide bonds. The first kappa shape index (κ1) is 20.5. The zero-order valence-corrected chi connectivity index (χ0v) is 18.0. The summed E-state index contributed by atoms with van der Waals surface area (Å²) in [4.78, 5) is 0. The molecule has 1 aromatic carbocycles. The van der Waals surface area contributed by atoms with E-state index < -0.39 is 10.3 Å². The molecule has 0 spiro atoms. The van der Waals surface area contributed by atoms with Crippen LogP contribution in [0.15, 0.2) is 6.07 Å². The van der Waals surface area contributed by atoms with Crippen LogP contribution in [0.25, 0.3) is 0 Å². The van der Waals surface area contributed by atoms with Crippen LogP contribution < -0.4 is 4.18 Å². The van der Waals surface area contributed by atoms with E-state index in [2.05, 4.69) is 12.8 Å². The summed E-state index contributed by atoms with van der Waals surface area (Å²) in [5, 5.41) is 21.1. The van der Waals surface area contributed by atoms with E-state index in [1.54, 1.807) is 6.07 Å². The van der Waals surface area contributed by atoms with Gasteiger partial charge in [-0.25, -0.2) is 0 Å². The van der Waals surface area contributed by atoms with Crippen LogP contribution in [0.2, 0.25) is 0 Å². The van der Waals surface area contributed by atoms with Crippen LogP contribution in [0.3, 0.4) is 0 Å².